The molecule has 180 valence electrons. The first-order valence-electron chi connectivity index (χ1n) is 11.1. The van der Waals surface area contributed by atoms with E-state index >= 15 is 0 Å². The lowest BCUT2D eigenvalue weighted by Crippen LogP contribution is -2.47. The van der Waals surface area contributed by atoms with Crippen LogP contribution in [0.15, 0.2) is 71.8 Å². The first-order chi connectivity index (χ1) is 17.3. The summed E-state index contributed by atoms with van der Waals surface area (Å²) in [5.41, 5.74) is 1.60. The van der Waals surface area contributed by atoms with Gasteiger partial charge in [-0.3, -0.25) is 14.9 Å². The van der Waals surface area contributed by atoms with E-state index in [-0.39, 0.29) is 18.3 Å². The van der Waals surface area contributed by atoms with Crippen LogP contribution in [-0.2, 0) is 21.7 Å². The van der Waals surface area contributed by atoms with Crippen molar-refractivity contribution in [3.63, 3.8) is 0 Å². The van der Waals surface area contributed by atoms with Gasteiger partial charge in [-0.25, -0.2) is 9.18 Å². The van der Waals surface area contributed by atoms with Crippen molar-refractivity contribution in [2.75, 3.05) is 11.1 Å². The number of imide groups is 1. The largest absolute Gasteiger partial charge is 0.494 e. The maximum Gasteiger partial charge on any atom is 0.322 e. The van der Waals surface area contributed by atoms with Crippen LogP contribution in [0.25, 0.3) is 21.9 Å². The van der Waals surface area contributed by atoms with Gasteiger partial charge in [0, 0.05) is 21.9 Å². The zero-order chi connectivity index (χ0) is 25.0. The molecule has 3 heterocycles. The van der Waals surface area contributed by atoms with Crippen molar-refractivity contribution in [2.45, 2.75) is 17.0 Å². The van der Waals surface area contributed by atoms with Crippen LogP contribution >= 0.6 is 11.8 Å². The molecule has 3 aromatic carbocycles. The number of benzene rings is 3. The fourth-order valence-corrected chi connectivity index (χ4v) is 5.73. The predicted octanol–water partition coefficient (Wildman–Crippen LogP) is 3.93. The normalized spacial score (nSPS) is 19.1. The summed E-state index contributed by atoms with van der Waals surface area (Å²) in [6, 6.07) is 16.3. The van der Waals surface area contributed by atoms with Gasteiger partial charge in [0.05, 0.1) is 18.0 Å². The number of carbonyl (C=O) groups excluding carboxylic acids is 3. The van der Waals surface area contributed by atoms with Crippen LogP contribution in [0, 0.1) is 5.82 Å². The Morgan fingerprint density at radius 3 is 2.58 bits per heavy atom. The molecule has 6 rings (SSSR count). The van der Waals surface area contributed by atoms with Gasteiger partial charge in [0.2, 0.25) is 5.91 Å². The van der Waals surface area contributed by atoms with Crippen LogP contribution in [0.1, 0.15) is 5.56 Å². The molecule has 1 atom stereocenters. The quantitative estimate of drug-likeness (QED) is 0.316. The molecule has 36 heavy (non-hydrogen) atoms. The highest BCUT2D eigenvalue weighted by atomic mass is 32.2. The van der Waals surface area contributed by atoms with Crippen molar-refractivity contribution in [1.82, 2.24) is 15.2 Å². The zero-order valence-corrected chi connectivity index (χ0v) is 19.5. The molecular weight excluding hydrogens is 483 g/mol. The molecule has 4 amide bonds. The number of fused-ring (bicyclic) bond motifs is 2. The monoisotopic (exact) mass is 502 g/mol. The van der Waals surface area contributed by atoms with E-state index in [1.54, 1.807) is 18.3 Å². The Bertz CT molecular complexity index is 1580. The van der Waals surface area contributed by atoms with E-state index in [0.717, 1.165) is 21.7 Å². The first kappa shape index (κ1) is 22.2. The molecule has 0 saturated carbocycles. The fraction of sp³-hybridized carbons (Fsp3) is 0.115. The van der Waals surface area contributed by atoms with E-state index in [9.17, 15) is 23.9 Å². The van der Waals surface area contributed by atoms with Gasteiger partial charge in [0.1, 0.15) is 5.82 Å². The third-order valence-electron chi connectivity index (χ3n) is 6.50. The van der Waals surface area contributed by atoms with Crippen molar-refractivity contribution >= 4 is 46.1 Å². The number of hydrogen-bond donors (Lipinski definition) is 4. The molecule has 0 spiro atoms. The molecule has 1 fully saturated rings. The number of amides is 4. The highest BCUT2D eigenvalue weighted by molar-refractivity contribution is 8.00. The number of thioether (sulfide) groups is 1. The minimum absolute atomic E-state index is 0.0476. The summed E-state index contributed by atoms with van der Waals surface area (Å²) in [5, 5.41) is 19.5. The van der Waals surface area contributed by atoms with Gasteiger partial charge >= 0.3 is 6.03 Å². The maximum absolute atomic E-state index is 13.7. The van der Waals surface area contributed by atoms with Crippen LogP contribution < -0.4 is 16.0 Å². The van der Waals surface area contributed by atoms with E-state index in [1.165, 1.54) is 34.5 Å². The van der Waals surface area contributed by atoms with Crippen molar-refractivity contribution in [3.8, 4) is 17.0 Å². The number of hydrogen-bond acceptors (Lipinski definition) is 5. The van der Waals surface area contributed by atoms with Gasteiger partial charge in [-0.15, -0.1) is 11.8 Å². The molecule has 4 aromatic rings. The average Bonchev–Trinajstić information content (AvgIpc) is 3.33. The molecule has 4 N–H and O–H groups in total. The highest BCUT2D eigenvalue weighted by Crippen LogP contribution is 2.40. The Morgan fingerprint density at radius 1 is 1.03 bits per heavy atom. The van der Waals surface area contributed by atoms with Crippen LogP contribution in [0.2, 0.25) is 0 Å². The number of nitrogens with zero attached hydrogens (tertiary/aromatic N) is 1. The molecule has 0 aliphatic carbocycles. The molecule has 1 aromatic heterocycles. The summed E-state index contributed by atoms with van der Waals surface area (Å²) in [5.74, 6) is -0.971. The van der Waals surface area contributed by atoms with Crippen molar-refractivity contribution in [3.05, 3.63) is 78.2 Å². The van der Waals surface area contributed by atoms with Crippen molar-refractivity contribution in [1.29, 1.82) is 0 Å². The Hall–Kier alpha value is -4.31. The minimum atomic E-state index is -1.49. The van der Waals surface area contributed by atoms with Gasteiger partial charge in [-0.2, -0.15) is 0 Å². The van der Waals surface area contributed by atoms with Crippen LogP contribution in [0.4, 0.5) is 14.9 Å². The van der Waals surface area contributed by atoms with Gasteiger partial charge in [-0.05, 0) is 41.0 Å². The average molecular weight is 503 g/mol. The molecule has 2 aliphatic rings. The number of rotatable bonds is 4. The predicted molar refractivity (Wildman–Crippen MR) is 133 cm³/mol. The molecule has 0 unspecified atom stereocenters. The third-order valence-corrected chi connectivity index (χ3v) is 7.63. The van der Waals surface area contributed by atoms with Crippen LogP contribution in [0.3, 0.4) is 0 Å². The van der Waals surface area contributed by atoms with Crippen molar-refractivity contribution in [2.24, 2.45) is 0 Å². The number of aromatic nitrogens is 1. The summed E-state index contributed by atoms with van der Waals surface area (Å²) < 4.78 is 15.1. The summed E-state index contributed by atoms with van der Waals surface area (Å²) in [4.78, 5) is 38.0. The lowest BCUT2D eigenvalue weighted by Gasteiger charge is -2.28. The summed E-state index contributed by atoms with van der Waals surface area (Å²) in [6.45, 7) is -0.103. The molecule has 10 heteroatoms. The number of urea groups is 1. The Balaban J connectivity index is 1.40. The maximum atomic E-state index is 13.7. The molecule has 0 bridgehead atoms. The van der Waals surface area contributed by atoms with E-state index < -0.39 is 23.3 Å². The van der Waals surface area contributed by atoms with Gasteiger partial charge < -0.3 is 20.3 Å². The van der Waals surface area contributed by atoms with Gasteiger partial charge in [0.25, 0.3) is 5.91 Å². The van der Waals surface area contributed by atoms with Crippen LogP contribution in [-0.4, -0.2) is 33.3 Å². The Morgan fingerprint density at radius 2 is 1.83 bits per heavy atom. The zero-order valence-electron chi connectivity index (χ0n) is 18.7. The van der Waals surface area contributed by atoms with E-state index in [0.29, 0.717) is 22.1 Å². The van der Waals surface area contributed by atoms with E-state index in [1.807, 2.05) is 30.3 Å². The summed E-state index contributed by atoms with van der Waals surface area (Å²) in [6.07, 6.45) is 1.61. The number of anilines is 1. The second-order valence-electron chi connectivity index (χ2n) is 8.72. The summed E-state index contributed by atoms with van der Waals surface area (Å²) in [7, 11) is 0. The second-order valence-corrected chi connectivity index (χ2v) is 9.71. The van der Waals surface area contributed by atoms with Crippen molar-refractivity contribution < 1.29 is 23.9 Å². The molecule has 8 nitrogen and oxygen atoms in total. The van der Waals surface area contributed by atoms with Gasteiger partial charge in [0.15, 0.2) is 11.4 Å². The number of halogens is 1. The van der Waals surface area contributed by atoms with Gasteiger partial charge in [-0.1, -0.05) is 36.4 Å². The molecule has 2 aliphatic heterocycles. The first-order valence-corrected chi connectivity index (χ1v) is 12.1. The number of aromatic hydroxyl groups is 1. The molecule has 0 radical (unpaired) electrons. The topological polar surface area (TPSA) is 112 Å². The van der Waals surface area contributed by atoms with Crippen LogP contribution in [0.5, 0.6) is 5.88 Å². The van der Waals surface area contributed by atoms with E-state index in [4.69, 9.17) is 0 Å². The number of nitrogens with one attached hydrogen (secondary N) is 3. The highest BCUT2D eigenvalue weighted by Gasteiger charge is 2.48. The molecular formula is C26H19FN4O4S. The SMILES string of the molecule is O=C1CSc2c(cccc2-c2ccc([C@]3(Cn4cc5ccc(F)cc5c4O)NC(=O)NC3=O)cc2)N1. The standard InChI is InChI=1S/C26H19FN4O4S/c27-17-9-6-15-11-31(23(33)19(15)10-17)13-26(24(34)29-25(35)30-26)16-7-4-14(5-8-16)18-2-1-3-20-22(18)36-12-21(32)28-20/h1-11,33H,12-13H2,(H,28,32)(H2,29,30,34,35)/t26-/m0/s1. The molecule has 1 saturated heterocycles. The Kier molecular flexibility index (Phi) is 5.01. The lowest BCUT2D eigenvalue weighted by molar-refractivity contribution is -0.124. The third kappa shape index (κ3) is 3.49. The summed E-state index contributed by atoms with van der Waals surface area (Å²) >= 11 is 1.46. The minimum Gasteiger partial charge on any atom is -0.494 e. The number of carbonyl (C=O) groups is 3. The Labute approximate surface area is 208 Å². The fourth-order valence-electron chi connectivity index (χ4n) is 4.77. The van der Waals surface area contributed by atoms with E-state index in [2.05, 4.69) is 16.0 Å². The lowest BCUT2D eigenvalue weighted by atomic mass is 9.88. The second kappa shape index (κ2) is 8.13. The smallest absolute Gasteiger partial charge is 0.322 e.